The zero-order valence-electron chi connectivity index (χ0n) is 19.6. The van der Waals surface area contributed by atoms with Gasteiger partial charge in [-0.25, -0.2) is 13.2 Å². The molecule has 7 nitrogen and oxygen atoms in total. The lowest BCUT2D eigenvalue weighted by atomic mass is 9.92. The summed E-state index contributed by atoms with van der Waals surface area (Å²) >= 11 is 0. The third-order valence-electron chi connectivity index (χ3n) is 5.32. The third kappa shape index (κ3) is 6.47. The molecule has 1 saturated heterocycles. The van der Waals surface area contributed by atoms with Crippen molar-refractivity contribution in [1.29, 1.82) is 0 Å². The summed E-state index contributed by atoms with van der Waals surface area (Å²) in [5.41, 5.74) is -1.43. The molecule has 0 saturated carbocycles. The van der Waals surface area contributed by atoms with Crippen molar-refractivity contribution in [1.82, 2.24) is 9.80 Å². The SMILES string of the molecule is CC.Cc1ccc(Nc2c(C(=O)N3CC(O)(CN(CCO)CCO)C3)ccc(F)c2F)c(F)c1. The van der Waals surface area contributed by atoms with Crippen LogP contribution < -0.4 is 5.32 Å². The minimum atomic E-state index is -1.32. The van der Waals surface area contributed by atoms with E-state index in [0.29, 0.717) is 5.56 Å². The molecule has 2 aromatic carbocycles. The van der Waals surface area contributed by atoms with E-state index in [4.69, 9.17) is 10.2 Å². The second-order valence-corrected chi connectivity index (χ2v) is 8.00. The highest BCUT2D eigenvalue weighted by Crippen LogP contribution is 2.31. The maximum atomic E-state index is 14.6. The molecular weight excluding hydrogens is 451 g/mol. The lowest BCUT2D eigenvalue weighted by Crippen LogP contribution is -2.67. The smallest absolute Gasteiger partial charge is 0.256 e. The molecule has 34 heavy (non-hydrogen) atoms. The summed E-state index contributed by atoms with van der Waals surface area (Å²) in [4.78, 5) is 15.9. The Morgan fingerprint density at radius 1 is 1.06 bits per heavy atom. The van der Waals surface area contributed by atoms with Gasteiger partial charge in [0.25, 0.3) is 5.91 Å². The number of aryl methyl sites for hydroxylation is 1. The Morgan fingerprint density at radius 2 is 1.68 bits per heavy atom. The van der Waals surface area contributed by atoms with Crippen LogP contribution in [0.4, 0.5) is 24.5 Å². The fourth-order valence-electron chi connectivity index (χ4n) is 3.75. The van der Waals surface area contributed by atoms with Gasteiger partial charge in [0.05, 0.1) is 43.2 Å². The zero-order chi connectivity index (χ0) is 25.5. The molecule has 0 radical (unpaired) electrons. The number of hydrogen-bond donors (Lipinski definition) is 4. The fraction of sp³-hybridized carbons (Fsp3) is 0.458. The van der Waals surface area contributed by atoms with Gasteiger partial charge in [-0.15, -0.1) is 0 Å². The number of rotatable bonds is 9. The van der Waals surface area contributed by atoms with Crippen molar-refractivity contribution in [2.24, 2.45) is 0 Å². The molecule has 2 aromatic rings. The minimum absolute atomic E-state index is 0.0729. The van der Waals surface area contributed by atoms with Gasteiger partial charge in [-0.2, -0.15) is 0 Å². The normalized spacial score (nSPS) is 14.4. The van der Waals surface area contributed by atoms with Gasteiger partial charge < -0.3 is 25.5 Å². The van der Waals surface area contributed by atoms with Crippen molar-refractivity contribution in [3.63, 3.8) is 0 Å². The molecule has 4 N–H and O–H groups in total. The Balaban J connectivity index is 0.00000199. The van der Waals surface area contributed by atoms with Crippen LogP contribution >= 0.6 is 0 Å². The summed E-state index contributed by atoms with van der Waals surface area (Å²) in [6.07, 6.45) is 0. The molecule has 0 spiro atoms. The topological polar surface area (TPSA) is 96.3 Å². The number of likely N-dealkylation sites (tertiary alicyclic amines) is 1. The van der Waals surface area contributed by atoms with E-state index in [0.717, 1.165) is 12.1 Å². The summed E-state index contributed by atoms with van der Waals surface area (Å²) in [6.45, 7) is 5.84. The summed E-state index contributed by atoms with van der Waals surface area (Å²) in [5, 5.41) is 31.4. The lowest BCUT2D eigenvalue weighted by Gasteiger charge is -2.48. The summed E-state index contributed by atoms with van der Waals surface area (Å²) in [5.74, 6) is -3.85. The number of anilines is 2. The van der Waals surface area contributed by atoms with Crippen molar-refractivity contribution >= 4 is 17.3 Å². The average Bonchev–Trinajstić information content (AvgIpc) is 2.78. The Labute approximate surface area is 197 Å². The van der Waals surface area contributed by atoms with E-state index in [1.165, 1.54) is 17.0 Å². The number of nitrogens with one attached hydrogen (secondary N) is 1. The molecule has 0 aromatic heterocycles. The van der Waals surface area contributed by atoms with Crippen LogP contribution in [0.25, 0.3) is 0 Å². The van der Waals surface area contributed by atoms with Gasteiger partial charge >= 0.3 is 0 Å². The van der Waals surface area contributed by atoms with Crippen LogP contribution in [0.1, 0.15) is 29.8 Å². The first-order valence-electron chi connectivity index (χ1n) is 11.1. The first-order valence-corrected chi connectivity index (χ1v) is 11.1. The monoisotopic (exact) mass is 483 g/mol. The van der Waals surface area contributed by atoms with Gasteiger partial charge in [0.1, 0.15) is 11.4 Å². The number of halogens is 3. The van der Waals surface area contributed by atoms with E-state index in [1.807, 2.05) is 13.8 Å². The van der Waals surface area contributed by atoms with Gasteiger partial charge in [-0.3, -0.25) is 9.69 Å². The number of β-amino-alcohol motifs (C(OH)–C–C–N with tert-alkyl or cyclic N) is 1. The van der Waals surface area contributed by atoms with Gasteiger partial charge in [0.2, 0.25) is 0 Å². The predicted octanol–water partition coefficient (Wildman–Crippen LogP) is 2.66. The number of aliphatic hydroxyl groups excluding tert-OH is 2. The van der Waals surface area contributed by atoms with Crippen LogP contribution in [-0.2, 0) is 0 Å². The Morgan fingerprint density at radius 3 is 2.24 bits per heavy atom. The zero-order valence-corrected chi connectivity index (χ0v) is 19.6. The Hall–Kier alpha value is -2.66. The maximum Gasteiger partial charge on any atom is 0.256 e. The van der Waals surface area contributed by atoms with Crippen LogP contribution in [0.2, 0.25) is 0 Å². The molecule has 3 rings (SSSR count). The summed E-state index contributed by atoms with van der Waals surface area (Å²) in [6, 6.07) is 6.10. The molecule has 1 amide bonds. The summed E-state index contributed by atoms with van der Waals surface area (Å²) in [7, 11) is 0. The molecule has 1 aliphatic rings. The molecule has 10 heteroatoms. The molecule has 1 fully saturated rings. The number of amides is 1. The molecule has 0 unspecified atom stereocenters. The molecule has 1 heterocycles. The molecule has 0 aliphatic carbocycles. The van der Waals surface area contributed by atoms with E-state index in [1.54, 1.807) is 17.9 Å². The molecular formula is C24H32F3N3O4. The number of nitrogens with zero attached hydrogens (tertiary/aromatic N) is 2. The third-order valence-corrected chi connectivity index (χ3v) is 5.32. The van der Waals surface area contributed by atoms with Gasteiger partial charge in [-0.1, -0.05) is 19.9 Å². The van der Waals surface area contributed by atoms with Crippen molar-refractivity contribution in [2.75, 3.05) is 51.3 Å². The predicted molar refractivity (Wildman–Crippen MR) is 124 cm³/mol. The van der Waals surface area contributed by atoms with E-state index < -0.39 is 34.6 Å². The molecule has 188 valence electrons. The van der Waals surface area contributed by atoms with E-state index in [-0.39, 0.29) is 57.2 Å². The standard InChI is InChI=1S/C22H26F3N3O4.C2H6/c1-14-2-5-18(17(24)10-14)26-20-15(3-4-16(23)19(20)25)21(31)28-12-22(32,13-28)11-27(6-8-29)7-9-30;1-2/h2-5,10,26,29-30,32H,6-9,11-13H2,1H3;1-2H3. The van der Waals surface area contributed by atoms with Gasteiger partial charge in [0, 0.05) is 19.6 Å². The maximum absolute atomic E-state index is 14.6. The minimum Gasteiger partial charge on any atom is -0.395 e. The van der Waals surface area contributed by atoms with Crippen LogP contribution in [0.15, 0.2) is 30.3 Å². The van der Waals surface area contributed by atoms with Gasteiger partial charge in [-0.05, 0) is 36.8 Å². The molecule has 0 atom stereocenters. The average molecular weight is 484 g/mol. The van der Waals surface area contributed by atoms with E-state index in [2.05, 4.69) is 5.32 Å². The molecule has 1 aliphatic heterocycles. The lowest BCUT2D eigenvalue weighted by molar-refractivity contribution is -0.0997. The number of hydrogen-bond acceptors (Lipinski definition) is 6. The van der Waals surface area contributed by atoms with Crippen LogP contribution in [0.5, 0.6) is 0 Å². The highest BCUT2D eigenvalue weighted by molar-refractivity contribution is 6.01. The summed E-state index contributed by atoms with van der Waals surface area (Å²) < 4.78 is 42.7. The second kappa shape index (κ2) is 12.2. The number of carbonyl (C=O) groups is 1. The Bertz CT molecular complexity index is 978. The van der Waals surface area contributed by atoms with E-state index >= 15 is 0 Å². The first-order chi connectivity index (χ1) is 16.2. The highest BCUT2D eigenvalue weighted by atomic mass is 19.2. The van der Waals surface area contributed by atoms with Crippen LogP contribution in [0.3, 0.4) is 0 Å². The number of benzene rings is 2. The van der Waals surface area contributed by atoms with Crippen molar-refractivity contribution < 1.29 is 33.3 Å². The second-order valence-electron chi connectivity index (χ2n) is 8.00. The van der Waals surface area contributed by atoms with Gasteiger partial charge in [0.15, 0.2) is 11.6 Å². The highest BCUT2D eigenvalue weighted by Gasteiger charge is 2.45. The van der Waals surface area contributed by atoms with E-state index in [9.17, 15) is 23.1 Å². The van der Waals surface area contributed by atoms with Crippen molar-refractivity contribution in [2.45, 2.75) is 26.4 Å². The Kier molecular flexibility index (Phi) is 9.87. The largest absolute Gasteiger partial charge is 0.395 e. The molecule has 0 bridgehead atoms. The quantitative estimate of drug-likeness (QED) is 0.438. The van der Waals surface area contributed by atoms with Crippen LogP contribution in [-0.4, -0.2) is 82.6 Å². The van der Waals surface area contributed by atoms with Crippen molar-refractivity contribution in [3.05, 3.63) is 58.9 Å². The number of aliphatic hydroxyl groups is 3. The fourth-order valence-corrected chi connectivity index (χ4v) is 3.75. The number of carbonyl (C=O) groups excluding carboxylic acids is 1. The van der Waals surface area contributed by atoms with Crippen LogP contribution in [0, 0.1) is 24.4 Å². The van der Waals surface area contributed by atoms with Crippen molar-refractivity contribution in [3.8, 4) is 0 Å². The first kappa shape index (κ1) is 27.6.